The molecule has 1 unspecified atom stereocenters. The van der Waals surface area contributed by atoms with Crippen molar-refractivity contribution in [1.82, 2.24) is 15.5 Å². The van der Waals surface area contributed by atoms with Gasteiger partial charge in [-0.1, -0.05) is 6.07 Å². The molecular weight excluding hydrogens is 297 g/mol. The molecule has 0 radical (unpaired) electrons. The summed E-state index contributed by atoms with van der Waals surface area (Å²) < 4.78 is 18.4. The van der Waals surface area contributed by atoms with Crippen molar-refractivity contribution in [3.8, 4) is 0 Å². The Morgan fingerprint density at radius 2 is 2.13 bits per heavy atom. The fraction of sp³-hybridized carbons (Fsp3) is 0.588. The van der Waals surface area contributed by atoms with Crippen LogP contribution >= 0.6 is 0 Å². The Morgan fingerprint density at radius 1 is 1.39 bits per heavy atom. The molecule has 2 amide bonds. The average molecular weight is 323 g/mol. The van der Waals surface area contributed by atoms with Crippen LogP contribution in [0.1, 0.15) is 18.1 Å². The van der Waals surface area contributed by atoms with Gasteiger partial charge < -0.3 is 15.4 Å². The number of ether oxygens (including phenoxy) is 1. The highest BCUT2D eigenvalue weighted by Crippen LogP contribution is 2.10. The van der Waals surface area contributed by atoms with Crippen LogP contribution in [-0.4, -0.2) is 56.4 Å². The van der Waals surface area contributed by atoms with Gasteiger partial charge in [0.25, 0.3) is 0 Å². The van der Waals surface area contributed by atoms with E-state index >= 15 is 0 Å². The zero-order valence-corrected chi connectivity index (χ0v) is 13.9. The first kappa shape index (κ1) is 17.7. The second-order valence-electron chi connectivity index (χ2n) is 6.04. The Labute approximate surface area is 137 Å². The van der Waals surface area contributed by atoms with Crippen molar-refractivity contribution in [3.05, 3.63) is 35.1 Å². The highest BCUT2D eigenvalue weighted by atomic mass is 19.1. The van der Waals surface area contributed by atoms with E-state index < -0.39 is 0 Å². The number of hydrogen-bond donors (Lipinski definition) is 2. The van der Waals surface area contributed by atoms with E-state index in [1.54, 1.807) is 6.07 Å². The van der Waals surface area contributed by atoms with E-state index in [1.165, 1.54) is 12.1 Å². The number of halogens is 1. The predicted molar refractivity (Wildman–Crippen MR) is 88.1 cm³/mol. The summed E-state index contributed by atoms with van der Waals surface area (Å²) in [7, 11) is 0. The van der Waals surface area contributed by atoms with Crippen LogP contribution in [0, 0.1) is 12.7 Å². The molecule has 1 aromatic carbocycles. The minimum absolute atomic E-state index is 0.0839. The van der Waals surface area contributed by atoms with Crippen LogP contribution in [0.2, 0.25) is 0 Å². The van der Waals surface area contributed by atoms with E-state index in [0.29, 0.717) is 13.0 Å². The molecule has 6 heteroatoms. The van der Waals surface area contributed by atoms with Crippen LogP contribution in [0.25, 0.3) is 0 Å². The van der Waals surface area contributed by atoms with Crippen molar-refractivity contribution >= 4 is 6.03 Å². The quantitative estimate of drug-likeness (QED) is 0.838. The Balaban J connectivity index is 1.66. The summed E-state index contributed by atoms with van der Waals surface area (Å²) >= 11 is 0. The number of amides is 2. The van der Waals surface area contributed by atoms with Gasteiger partial charge in [0.05, 0.1) is 13.2 Å². The topological polar surface area (TPSA) is 53.6 Å². The first-order valence-corrected chi connectivity index (χ1v) is 8.14. The molecular formula is C17H26FN3O2. The number of benzene rings is 1. The van der Waals surface area contributed by atoms with E-state index in [0.717, 1.165) is 44.0 Å². The smallest absolute Gasteiger partial charge is 0.315 e. The molecule has 1 aromatic rings. The van der Waals surface area contributed by atoms with Gasteiger partial charge in [0.15, 0.2) is 0 Å². The number of urea groups is 1. The molecule has 0 bridgehead atoms. The summed E-state index contributed by atoms with van der Waals surface area (Å²) in [6.07, 6.45) is 0.692. The Kier molecular flexibility index (Phi) is 6.80. The first-order chi connectivity index (χ1) is 11.0. The maximum atomic E-state index is 13.0. The number of nitrogens with one attached hydrogen (secondary N) is 2. The lowest BCUT2D eigenvalue weighted by Gasteiger charge is -2.29. The molecule has 2 rings (SSSR count). The molecule has 0 spiro atoms. The first-order valence-electron chi connectivity index (χ1n) is 8.14. The maximum Gasteiger partial charge on any atom is 0.315 e. The molecule has 0 aromatic heterocycles. The summed E-state index contributed by atoms with van der Waals surface area (Å²) in [5.74, 6) is -0.228. The molecule has 1 aliphatic rings. The van der Waals surface area contributed by atoms with Gasteiger partial charge in [-0.3, -0.25) is 4.90 Å². The lowest BCUT2D eigenvalue weighted by molar-refractivity contribution is 0.0349. The monoisotopic (exact) mass is 323 g/mol. The van der Waals surface area contributed by atoms with E-state index in [-0.39, 0.29) is 17.9 Å². The second kappa shape index (κ2) is 8.84. The highest BCUT2D eigenvalue weighted by Gasteiger charge is 2.15. The largest absolute Gasteiger partial charge is 0.379 e. The summed E-state index contributed by atoms with van der Waals surface area (Å²) in [5.41, 5.74) is 1.96. The van der Waals surface area contributed by atoms with Crippen molar-refractivity contribution in [3.63, 3.8) is 0 Å². The molecule has 1 aliphatic heterocycles. The van der Waals surface area contributed by atoms with Crippen molar-refractivity contribution in [2.24, 2.45) is 0 Å². The number of morpholine rings is 1. The molecule has 1 fully saturated rings. The van der Waals surface area contributed by atoms with Crippen LogP contribution in [0.5, 0.6) is 0 Å². The third kappa shape index (κ3) is 6.15. The molecule has 23 heavy (non-hydrogen) atoms. The van der Waals surface area contributed by atoms with Crippen molar-refractivity contribution in [1.29, 1.82) is 0 Å². The lowest BCUT2D eigenvalue weighted by Crippen LogP contribution is -2.48. The van der Waals surface area contributed by atoms with Crippen LogP contribution in [0.15, 0.2) is 18.2 Å². The van der Waals surface area contributed by atoms with Crippen molar-refractivity contribution < 1.29 is 13.9 Å². The van der Waals surface area contributed by atoms with Gasteiger partial charge in [-0.15, -0.1) is 0 Å². The summed E-state index contributed by atoms with van der Waals surface area (Å²) in [4.78, 5) is 14.2. The molecule has 1 atom stereocenters. The predicted octanol–water partition coefficient (Wildman–Crippen LogP) is 1.70. The Bertz CT molecular complexity index is 519. The molecule has 0 saturated carbocycles. The third-order valence-corrected chi connectivity index (χ3v) is 4.00. The SMILES string of the molecule is Cc1cc(F)ccc1CCNC(=O)NC(C)CN1CCOCC1. The summed E-state index contributed by atoms with van der Waals surface area (Å²) in [6.45, 7) is 8.58. The molecule has 128 valence electrons. The van der Waals surface area contributed by atoms with Crippen LogP contribution in [-0.2, 0) is 11.2 Å². The van der Waals surface area contributed by atoms with E-state index in [4.69, 9.17) is 4.74 Å². The van der Waals surface area contributed by atoms with E-state index in [9.17, 15) is 9.18 Å². The van der Waals surface area contributed by atoms with Gasteiger partial charge in [-0.25, -0.2) is 9.18 Å². The maximum absolute atomic E-state index is 13.0. The second-order valence-corrected chi connectivity index (χ2v) is 6.04. The number of hydrogen-bond acceptors (Lipinski definition) is 3. The summed E-state index contributed by atoms with van der Waals surface area (Å²) in [6, 6.07) is 4.66. The van der Waals surface area contributed by atoms with E-state index in [1.807, 2.05) is 13.8 Å². The van der Waals surface area contributed by atoms with Gasteiger partial charge in [0.1, 0.15) is 5.82 Å². The highest BCUT2D eigenvalue weighted by molar-refractivity contribution is 5.74. The minimum Gasteiger partial charge on any atom is -0.379 e. The fourth-order valence-corrected chi connectivity index (χ4v) is 2.74. The summed E-state index contributed by atoms with van der Waals surface area (Å²) in [5, 5.41) is 5.80. The molecule has 1 saturated heterocycles. The molecule has 1 heterocycles. The number of nitrogens with zero attached hydrogens (tertiary/aromatic N) is 1. The standard InChI is InChI=1S/C17H26FN3O2/c1-13-11-16(18)4-3-15(13)5-6-19-17(22)20-14(2)12-21-7-9-23-10-8-21/h3-4,11,14H,5-10,12H2,1-2H3,(H2,19,20,22). The van der Waals surface area contributed by atoms with Crippen molar-refractivity contribution in [2.75, 3.05) is 39.4 Å². The Morgan fingerprint density at radius 3 is 2.83 bits per heavy atom. The van der Waals surface area contributed by atoms with Gasteiger partial charge in [0.2, 0.25) is 0 Å². The van der Waals surface area contributed by atoms with E-state index in [2.05, 4.69) is 15.5 Å². The molecule has 2 N–H and O–H groups in total. The third-order valence-electron chi connectivity index (χ3n) is 4.00. The average Bonchev–Trinajstić information content (AvgIpc) is 2.50. The number of rotatable bonds is 6. The minimum atomic E-state index is -0.228. The number of carbonyl (C=O) groups excluding carboxylic acids is 1. The van der Waals surface area contributed by atoms with Gasteiger partial charge in [-0.2, -0.15) is 0 Å². The zero-order chi connectivity index (χ0) is 16.7. The normalized spacial score (nSPS) is 16.8. The molecule has 5 nitrogen and oxygen atoms in total. The van der Waals surface area contributed by atoms with Crippen LogP contribution in [0.3, 0.4) is 0 Å². The lowest BCUT2D eigenvalue weighted by atomic mass is 10.1. The number of carbonyl (C=O) groups is 1. The Hall–Kier alpha value is -1.66. The molecule has 0 aliphatic carbocycles. The van der Waals surface area contributed by atoms with Crippen LogP contribution in [0.4, 0.5) is 9.18 Å². The van der Waals surface area contributed by atoms with Gasteiger partial charge in [0, 0.05) is 32.2 Å². The zero-order valence-electron chi connectivity index (χ0n) is 13.9. The number of aryl methyl sites for hydroxylation is 1. The van der Waals surface area contributed by atoms with Crippen LogP contribution < -0.4 is 10.6 Å². The van der Waals surface area contributed by atoms with Gasteiger partial charge in [-0.05, 0) is 43.5 Å². The van der Waals surface area contributed by atoms with Crippen molar-refractivity contribution in [2.45, 2.75) is 26.3 Å². The fourth-order valence-electron chi connectivity index (χ4n) is 2.74. The van der Waals surface area contributed by atoms with Gasteiger partial charge >= 0.3 is 6.03 Å².